The Morgan fingerprint density at radius 3 is 2.44 bits per heavy atom. The second-order valence-corrected chi connectivity index (χ2v) is 7.27. The van der Waals surface area contributed by atoms with Crippen LogP contribution in [0.5, 0.6) is 0 Å². The smallest absolute Gasteiger partial charge is 0.264 e. The molecule has 2 saturated carbocycles. The molecule has 4 nitrogen and oxygen atoms in total. The Bertz CT molecular complexity index is 423. The van der Waals surface area contributed by atoms with Gasteiger partial charge in [0.2, 0.25) is 0 Å². The molecule has 2 bridgehead atoms. The van der Waals surface area contributed by atoms with Gasteiger partial charge in [0.25, 0.3) is 10.1 Å². The molecule has 0 aliphatic heterocycles. The predicted molar refractivity (Wildman–Crippen MR) is 59.6 cm³/mol. The molecule has 0 aromatic heterocycles. The average molecular weight is 246 g/mol. The van der Waals surface area contributed by atoms with Crippen molar-refractivity contribution in [2.45, 2.75) is 39.5 Å². The molecule has 2 fully saturated rings. The highest BCUT2D eigenvalue weighted by molar-refractivity contribution is 7.85. The van der Waals surface area contributed by atoms with Crippen LogP contribution in [0.2, 0.25) is 0 Å². The number of rotatable bonds is 3. The van der Waals surface area contributed by atoms with Crippen LogP contribution in [-0.4, -0.2) is 24.5 Å². The molecule has 1 N–H and O–H groups in total. The van der Waals surface area contributed by atoms with Crippen molar-refractivity contribution in [2.24, 2.45) is 16.7 Å². The number of hydrogen-bond acceptors (Lipinski definition) is 3. The quantitative estimate of drug-likeness (QED) is 0.769. The van der Waals surface area contributed by atoms with Gasteiger partial charge in [-0.15, -0.1) is 0 Å². The Kier molecular flexibility index (Phi) is 2.48. The third-order valence-electron chi connectivity index (χ3n) is 4.93. The zero-order valence-electron chi connectivity index (χ0n) is 9.69. The van der Waals surface area contributed by atoms with Crippen LogP contribution in [0.15, 0.2) is 0 Å². The summed E-state index contributed by atoms with van der Waals surface area (Å²) in [5, 5.41) is 0. The van der Waals surface area contributed by atoms with Crippen molar-refractivity contribution in [2.75, 3.05) is 5.75 Å². The summed E-state index contributed by atoms with van der Waals surface area (Å²) in [5.74, 6) is 0.285. The lowest BCUT2D eigenvalue weighted by Gasteiger charge is -2.36. The van der Waals surface area contributed by atoms with Crippen molar-refractivity contribution in [1.82, 2.24) is 0 Å². The molecule has 2 rings (SSSR count). The van der Waals surface area contributed by atoms with Gasteiger partial charge in [0.15, 0.2) is 0 Å². The Labute approximate surface area is 96.2 Å². The van der Waals surface area contributed by atoms with Crippen LogP contribution in [0.3, 0.4) is 0 Å². The third-order valence-corrected chi connectivity index (χ3v) is 5.65. The zero-order chi connectivity index (χ0) is 12.2. The van der Waals surface area contributed by atoms with Crippen LogP contribution in [0.1, 0.15) is 39.5 Å². The lowest BCUT2D eigenvalue weighted by Crippen LogP contribution is -2.37. The molecule has 0 heterocycles. The summed E-state index contributed by atoms with van der Waals surface area (Å²) >= 11 is 0. The molecule has 5 heteroatoms. The van der Waals surface area contributed by atoms with Gasteiger partial charge in [-0.25, -0.2) is 0 Å². The predicted octanol–water partition coefficient (Wildman–Crippen LogP) is 1.66. The first-order valence-electron chi connectivity index (χ1n) is 5.67. The van der Waals surface area contributed by atoms with E-state index in [0.717, 1.165) is 12.8 Å². The van der Waals surface area contributed by atoms with Gasteiger partial charge < -0.3 is 0 Å². The van der Waals surface area contributed by atoms with E-state index < -0.39 is 15.5 Å². The largest absolute Gasteiger partial charge is 0.299 e. The van der Waals surface area contributed by atoms with Crippen molar-refractivity contribution in [1.29, 1.82) is 0 Å². The third kappa shape index (κ3) is 1.52. The summed E-state index contributed by atoms with van der Waals surface area (Å²) in [4.78, 5) is 12.0. The van der Waals surface area contributed by atoms with Gasteiger partial charge >= 0.3 is 0 Å². The second kappa shape index (κ2) is 3.29. The first kappa shape index (κ1) is 12.0. The van der Waals surface area contributed by atoms with Gasteiger partial charge in [-0.3, -0.25) is 9.35 Å². The number of ketones is 1. The zero-order valence-corrected chi connectivity index (χ0v) is 10.5. The molecule has 0 unspecified atom stereocenters. The van der Waals surface area contributed by atoms with E-state index in [1.165, 1.54) is 0 Å². The van der Waals surface area contributed by atoms with Crippen LogP contribution < -0.4 is 0 Å². The maximum absolute atomic E-state index is 12.0. The van der Waals surface area contributed by atoms with Crippen LogP contribution in [0, 0.1) is 16.7 Å². The van der Waals surface area contributed by atoms with E-state index in [4.69, 9.17) is 4.55 Å². The number of carbonyl (C=O) groups excluding carboxylic acids is 1. The Hall–Kier alpha value is -0.420. The minimum Gasteiger partial charge on any atom is -0.299 e. The molecule has 92 valence electrons. The van der Waals surface area contributed by atoms with Crippen molar-refractivity contribution in [3.05, 3.63) is 0 Å². The van der Waals surface area contributed by atoms with Crippen molar-refractivity contribution < 1.29 is 17.8 Å². The number of Topliss-reactive ketones (excluding diaryl/α,β-unsaturated/α-hetero) is 1. The highest BCUT2D eigenvalue weighted by Crippen LogP contribution is 2.65. The monoisotopic (exact) mass is 246 g/mol. The lowest BCUT2D eigenvalue weighted by atomic mass is 9.67. The summed E-state index contributed by atoms with van der Waals surface area (Å²) in [6.45, 7) is 4.11. The lowest BCUT2D eigenvalue weighted by molar-refractivity contribution is -0.129. The van der Waals surface area contributed by atoms with Crippen LogP contribution in [0.25, 0.3) is 0 Å². The highest BCUT2D eigenvalue weighted by Gasteiger charge is 2.63. The van der Waals surface area contributed by atoms with Gasteiger partial charge in [0, 0.05) is 11.8 Å². The molecule has 0 amide bonds. The molecule has 0 aromatic rings. The fourth-order valence-electron chi connectivity index (χ4n) is 3.66. The molecule has 0 saturated heterocycles. The van der Waals surface area contributed by atoms with Crippen LogP contribution in [-0.2, 0) is 14.9 Å². The van der Waals surface area contributed by atoms with Crippen molar-refractivity contribution in [3.63, 3.8) is 0 Å². The molecule has 2 aliphatic rings. The van der Waals surface area contributed by atoms with E-state index in [-0.39, 0.29) is 23.4 Å². The number of hydrogen-bond donors (Lipinski definition) is 1. The molecule has 2 atom stereocenters. The summed E-state index contributed by atoms with van der Waals surface area (Å²) in [7, 11) is -3.97. The fraction of sp³-hybridized carbons (Fsp3) is 0.909. The molecular weight excluding hydrogens is 228 g/mol. The van der Waals surface area contributed by atoms with E-state index in [0.29, 0.717) is 12.3 Å². The van der Waals surface area contributed by atoms with Gasteiger partial charge in [-0.2, -0.15) is 8.42 Å². The summed E-state index contributed by atoms with van der Waals surface area (Å²) in [6.07, 6.45) is 2.63. The first-order chi connectivity index (χ1) is 7.19. The van der Waals surface area contributed by atoms with Crippen molar-refractivity contribution in [3.8, 4) is 0 Å². The Morgan fingerprint density at radius 1 is 1.44 bits per heavy atom. The standard InChI is InChI=1S/C11H18O4S/c1-10(2)8-3-4-11(10,9(12)7-8)5-6-16(13,14)15/h8H,3-7H2,1-2H3,(H,13,14,15)/t8-,11+/m1/s1. The van der Waals surface area contributed by atoms with Crippen LogP contribution >= 0.6 is 0 Å². The van der Waals surface area contributed by atoms with Gasteiger partial charge in [-0.1, -0.05) is 13.8 Å². The van der Waals surface area contributed by atoms with E-state index in [1.54, 1.807) is 0 Å². The minimum atomic E-state index is -3.97. The number of carbonyl (C=O) groups is 1. The van der Waals surface area contributed by atoms with Crippen molar-refractivity contribution >= 4 is 15.9 Å². The summed E-state index contributed by atoms with van der Waals surface area (Å²) in [6, 6.07) is 0. The maximum Gasteiger partial charge on any atom is 0.264 e. The fourth-order valence-corrected chi connectivity index (χ4v) is 4.27. The second-order valence-electron chi connectivity index (χ2n) is 5.70. The normalized spacial score (nSPS) is 36.9. The number of fused-ring (bicyclic) bond motifs is 2. The summed E-state index contributed by atoms with van der Waals surface area (Å²) < 4.78 is 30.5. The molecule has 0 spiro atoms. The average Bonchev–Trinajstić information content (AvgIpc) is 2.46. The summed E-state index contributed by atoms with van der Waals surface area (Å²) in [5.41, 5.74) is -0.623. The maximum atomic E-state index is 12.0. The van der Waals surface area contributed by atoms with E-state index in [1.807, 2.05) is 0 Å². The Balaban J connectivity index is 2.26. The topological polar surface area (TPSA) is 71.4 Å². The van der Waals surface area contributed by atoms with E-state index in [2.05, 4.69) is 13.8 Å². The molecule has 2 aliphatic carbocycles. The SMILES string of the molecule is CC1(C)[C@@H]2CC[C@]1(CCS(=O)(=O)O)C(=O)C2. The molecule has 0 radical (unpaired) electrons. The van der Waals surface area contributed by atoms with Crippen LogP contribution in [0.4, 0.5) is 0 Å². The van der Waals surface area contributed by atoms with Gasteiger partial charge in [-0.05, 0) is 30.6 Å². The Morgan fingerprint density at radius 2 is 2.06 bits per heavy atom. The van der Waals surface area contributed by atoms with E-state index in [9.17, 15) is 13.2 Å². The minimum absolute atomic E-state index is 0.116. The molecule has 0 aromatic carbocycles. The molecular formula is C11H18O4S. The molecule has 16 heavy (non-hydrogen) atoms. The first-order valence-corrected chi connectivity index (χ1v) is 7.28. The highest BCUT2D eigenvalue weighted by atomic mass is 32.2. The van der Waals surface area contributed by atoms with Gasteiger partial charge in [0.1, 0.15) is 5.78 Å². The van der Waals surface area contributed by atoms with Gasteiger partial charge in [0.05, 0.1) is 5.75 Å². The van der Waals surface area contributed by atoms with E-state index >= 15 is 0 Å².